The molecule has 2 aliphatic rings. The van der Waals surface area contributed by atoms with Crippen LogP contribution in [-0.2, 0) is 31.9 Å². The van der Waals surface area contributed by atoms with E-state index in [1.54, 1.807) is 25.3 Å². The van der Waals surface area contributed by atoms with Crippen LogP contribution in [0.1, 0.15) is 38.8 Å². The Balaban J connectivity index is 1.49. The van der Waals surface area contributed by atoms with Crippen molar-refractivity contribution in [3.63, 3.8) is 0 Å². The number of morpholine rings is 2. The van der Waals surface area contributed by atoms with Gasteiger partial charge in [0.05, 0.1) is 52.8 Å². The molecule has 0 saturated carbocycles. The van der Waals surface area contributed by atoms with E-state index in [1.807, 2.05) is 70.2 Å². The Kier molecular flexibility index (Phi) is 21.5. The number of urea groups is 2. The Morgan fingerprint density at radius 3 is 1.76 bits per heavy atom. The molecule has 2 saturated heterocycles. The van der Waals surface area contributed by atoms with Gasteiger partial charge >= 0.3 is 12.1 Å². The summed E-state index contributed by atoms with van der Waals surface area (Å²) in [5.74, 6) is -0.342. The minimum atomic E-state index is -1.20. The first-order valence-electron chi connectivity index (χ1n) is 21.8. The molecule has 18 heteroatoms. The standard InChI is InChI=1S/C44H71N9O9/c1-31(2)39(48-43(57)45-15-18-51-20-24-61-25-21-51)41(55)47-35(28-33-10-8-7-9-11-33)36(54)30-53(17-14-34-12-13-37(59-5)38(29-34)60-6)50-42(56)40(32(3)4)49-44(58)46-16-19-52-22-26-62-27-23-52/h7-13,29,31-32,35-36,39-40,54H,14-28,30H2,1-6H3,(H,47,55)(H,50,56)(H2,45,48,57)(H2,46,49,58)/t35-,36-,39-,40-/m0/s1. The number of nitrogens with one attached hydrogen (secondary N) is 6. The first kappa shape index (κ1) is 49.9. The Bertz CT molecular complexity index is 1660. The monoisotopic (exact) mass is 870 g/mol. The first-order chi connectivity index (χ1) is 29.9. The van der Waals surface area contributed by atoms with Crippen LogP contribution >= 0.6 is 0 Å². The number of ether oxygens (including phenoxy) is 4. The van der Waals surface area contributed by atoms with Crippen LogP contribution in [0.4, 0.5) is 9.59 Å². The molecular weight excluding hydrogens is 799 g/mol. The van der Waals surface area contributed by atoms with E-state index in [1.165, 1.54) is 0 Å². The number of carbonyl (C=O) groups is 4. The van der Waals surface area contributed by atoms with Crippen LogP contribution < -0.4 is 41.5 Å². The van der Waals surface area contributed by atoms with Crippen LogP contribution in [0, 0.1) is 11.8 Å². The molecule has 2 heterocycles. The smallest absolute Gasteiger partial charge is 0.315 e. The summed E-state index contributed by atoms with van der Waals surface area (Å²) in [6.45, 7) is 15.5. The van der Waals surface area contributed by atoms with Crippen molar-refractivity contribution in [2.24, 2.45) is 11.8 Å². The Hall–Kier alpha value is -4.72. The van der Waals surface area contributed by atoms with Gasteiger partial charge in [0.1, 0.15) is 12.1 Å². The summed E-state index contributed by atoms with van der Waals surface area (Å²) in [7, 11) is 3.12. The number of rotatable bonds is 24. The van der Waals surface area contributed by atoms with Crippen molar-refractivity contribution in [3.05, 3.63) is 59.7 Å². The number of aliphatic hydroxyl groups excluding tert-OH is 1. The van der Waals surface area contributed by atoms with Crippen molar-refractivity contribution in [1.29, 1.82) is 0 Å². The maximum absolute atomic E-state index is 14.0. The lowest BCUT2D eigenvalue weighted by Crippen LogP contribution is -2.60. The van der Waals surface area contributed by atoms with Gasteiger partial charge in [0.2, 0.25) is 5.91 Å². The van der Waals surface area contributed by atoms with Gasteiger partial charge in [-0.2, -0.15) is 0 Å². The fourth-order valence-electron chi connectivity index (χ4n) is 7.25. The Morgan fingerprint density at radius 1 is 0.710 bits per heavy atom. The van der Waals surface area contributed by atoms with Crippen LogP contribution in [0.5, 0.6) is 11.5 Å². The van der Waals surface area contributed by atoms with Gasteiger partial charge in [-0.25, -0.2) is 14.6 Å². The normalized spacial score (nSPS) is 16.8. The van der Waals surface area contributed by atoms with Crippen LogP contribution in [0.2, 0.25) is 0 Å². The zero-order valence-electron chi connectivity index (χ0n) is 37.5. The highest BCUT2D eigenvalue weighted by molar-refractivity contribution is 5.88. The molecule has 18 nitrogen and oxygen atoms in total. The van der Waals surface area contributed by atoms with Gasteiger partial charge in [0, 0.05) is 65.4 Å². The average Bonchev–Trinajstić information content (AvgIpc) is 3.26. The van der Waals surface area contributed by atoms with Crippen molar-refractivity contribution in [1.82, 2.24) is 46.8 Å². The van der Waals surface area contributed by atoms with Crippen molar-refractivity contribution in [3.8, 4) is 11.5 Å². The van der Waals surface area contributed by atoms with E-state index in [0.29, 0.717) is 70.5 Å². The maximum atomic E-state index is 14.0. The zero-order chi connectivity index (χ0) is 44.9. The number of hydrogen-bond donors (Lipinski definition) is 7. The number of carbonyl (C=O) groups excluding carboxylic acids is 4. The fraction of sp³-hybridized carbons (Fsp3) is 0.636. The highest BCUT2D eigenvalue weighted by atomic mass is 16.5. The second kappa shape index (κ2) is 26.7. The van der Waals surface area contributed by atoms with Crippen LogP contribution in [-0.4, -0.2) is 174 Å². The van der Waals surface area contributed by atoms with E-state index in [-0.39, 0.29) is 31.3 Å². The number of aliphatic hydroxyl groups is 1. The van der Waals surface area contributed by atoms with E-state index < -0.39 is 48.1 Å². The lowest BCUT2D eigenvalue weighted by molar-refractivity contribution is -0.130. The predicted octanol–water partition coefficient (Wildman–Crippen LogP) is 0.980. The van der Waals surface area contributed by atoms with Crippen molar-refractivity contribution in [2.45, 2.75) is 64.8 Å². The summed E-state index contributed by atoms with van der Waals surface area (Å²) < 4.78 is 21.8. The molecule has 0 bridgehead atoms. The van der Waals surface area contributed by atoms with Gasteiger partial charge in [-0.1, -0.05) is 64.1 Å². The van der Waals surface area contributed by atoms with Gasteiger partial charge in [-0.15, -0.1) is 0 Å². The third-order valence-electron chi connectivity index (χ3n) is 11.0. The molecular formula is C44H71N9O9. The minimum absolute atomic E-state index is 0.0881. The molecule has 62 heavy (non-hydrogen) atoms. The molecule has 2 fully saturated rings. The molecule has 0 unspecified atom stereocenters. The van der Waals surface area contributed by atoms with E-state index >= 15 is 0 Å². The van der Waals surface area contributed by atoms with Gasteiger partial charge in [-0.3, -0.25) is 24.8 Å². The number of hydrogen-bond acceptors (Lipinski definition) is 12. The summed E-state index contributed by atoms with van der Waals surface area (Å²) in [5, 5.41) is 28.1. The molecule has 2 aliphatic heterocycles. The maximum Gasteiger partial charge on any atom is 0.315 e. The topological polar surface area (TPSA) is 207 Å². The predicted molar refractivity (Wildman–Crippen MR) is 236 cm³/mol. The third kappa shape index (κ3) is 17.2. The molecule has 7 N–H and O–H groups in total. The summed E-state index contributed by atoms with van der Waals surface area (Å²) >= 11 is 0. The van der Waals surface area contributed by atoms with Gasteiger partial charge < -0.3 is 50.6 Å². The van der Waals surface area contributed by atoms with Crippen molar-refractivity contribution in [2.75, 3.05) is 106 Å². The minimum Gasteiger partial charge on any atom is -0.493 e. The van der Waals surface area contributed by atoms with Crippen molar-refractivity contribution >= 4 is 23.9 Å². The summed E-state index contributed by atoms with van der Waals surface area (Å²) in [4.78, 5) is 58.5. The van der Waals surface area contributed by atoms with E-state index in [2.05, 4.69) is 41.8 Å². The summed E-state index contributed by atoms with van der Waals surface area (Å²) in [6, 6.07) is 11.5. The van der Waals surface area contributed by atoms with Gasteiger partial charge in [-0.05, 0) is 47.9 Å². The summed E-state index contributed by atoms with van der Waals surface area (Å²) in [6.07, 6.45) is -0.498. The molecule has 4 rings (SSSR count). The number of benzene rings is 2. The number of hydrazine groups is 1. The zero-order valence-corrected chi connectivity index (χ0v) is 37.5. The highest BCUT2D eigenvalue weighted by Crippen LogP contribution is 2.27. The lowest BCUT2D eigenvalue weighted by atomic mass is 9.98. The van der Waals surface area contributed by atoms with Crippen molar-refractivity contribution < 1.29 is 43.2 Å². The molecule has 2 aromatic rings. The molecule has 2 aromatic carbocycles. The third-order valence-corrected chi connectivity index (χ3v) is 11.0. The second-order valence-electron chi connectivity index (χ2n) is 16.4. The number of methoxy groups -OCH3 is 2. The molecule has 4 atom stereocenters. The number of nitrogens with zero attached hydrogens (tertiary/aromatic N) is 3. The van der Waals surface area contributed by atoms with Crippen LogP contribution in [0.3, 0.4) is 0 Å². The fourth-order valence-corrected chi connectivity index (χ4v) is 7.25. The Morgan fingerprint density at radius 2 is 1.24 bits per heavy atom. The molecule has 0 spiro atoms. The summed E-state index contributed by atoms with van der Waals surface area (Å²) in [5.41, 5.74) is 4.73. The quantitative estimate of drug-likeness (QED) is 0.0738. The largest absolute Gasteiger partial charge is 0.493 e. The SMILES string of the molecule is COc1ccc(CCN(C[C@H](O)[C@H](Cc2ccccc2)NC(=O)[C@@H](NC(=O)NCCN2CCOCC2)C(C)C)NC(=O)[C@@H](NC(=O)NCCN2CCOCC2)C(C)C)cc1OC. The van der Waals surface area contributed by atoms with Gasteiger partial charge in [0.15, 0.2) is 11.5 Å². The number of amides is 6. The van der Waals surface area contributed by atoms with E-state index in [0.717, 1.165) is 37.3 Å². The second-order valence-corrected chi connectivity index (χ2v) is 16.4. The van der Waals surface area contributed by atoms with Crippen LogP contribution in [0.15, 0.2) is 48.5 Å². The molecule has 6 amide bonds. The lowest BCUT2D eigenvalue weighted by Gasteiger charge is -2.33. The molecule has 0 aromatic heterocycles. The molecule has 346 valence electrons. The molecule has 0 radical (unpaired) electrons. The average molecular weight is 870 g/mol. The molecule has 0 aliphatic carbocycles. The van der Waals surface area contributed by atoms with E-state index in [4.69, 9.17) is 18.9 Å². The van der Waals surface area contributed by atoms with Gasteiger partial charge in [0.25, 0.3) is 5.91 Å². The Labute approximate surface area is 367 Å². The van der Waals surface area contributed by atoms with E-state index in [9.17, 15) is 24.3 Å². The first-order valence-corrected chi connectivity index (χ1v) is 21.8. The highest BCUT2D eigenvalue weighted by Gasteiger charge is 2.32. The van der Waals surface area contributed by atoms with Crippen LogP contribution in [0.25, 0.3) is 0 Å².